The fourth-order valence-corrected chi connectivity index (χ4v) is 1.14. The highest BCUT2D eigenvalue weighted by Crippen LogP contribution is 2.07. The van der Waals surface area contributed by atoms with Gasteiger partial charge in [0.2, 0.25) is 5.91 Å². The van der Waals surface area contributed by atoms with Gasteiger partial charge in [-0.05, 0) is 12.5 Å². The lowest BCUT2D eigenvalue weighted by molar-refractivity contribution is -0.117. The normalized spacial score (nSPS) is 10.5. The zero-order valence-corrected chi connectivity index (χ0v) is 8.57. The molecule has 0 saturated heterocycles. The summed E-state index contributed by atoms with van der Waals surface area (Å²) in [5.74, 6) is -0.311. The molecule has 1 rings (SSSR count). The third-order valence-corrected chi connectivity index (χ3v) is 1.95. The first kappa shape index (κ1) is 11.2. The van der Waals surface area contributed by atoms with Crippen molar-refractivity contribution >= 4 is 17.8 Å². The second kappa shape index (κ2) is 5.10. The van der Waals surface area contributed by atoms with Crippen LogP contribution in [0.1, 0.15) is 29.3 Å². The molecular weight excluding hydrogens is 190 g/mol. The van der Waals surface area contributed by atoms with Crippen molar-refractivity contribution < 1.29 is 9.59 Å². The summed E-state index contributed by atoms with van der Waals surface area (Å²) in [4.78, 5) is 21.4. The van der Waals surface area contributed by atoms with E-state index in [-0.39, 0.29) is 18.1 Å². The van der Waals surface area contributed by atoms with Gasteiger partial charge in [-0.1, -0.05) is 36.4 Å². The van der Waals surface area contributed by atoms with E-state index >= 15 is 0 Å². The highest BCUT2D eigenvalue weighted by molar-refractivity contribution is 5.94. The molecule has 1 amide bonds. The van der Waals surface area contributed by atoms with Crippen LogP contribution in [0.4, 0.5) is 0 Å². The Morgan fingerprint density at radius 1 is 1.27 bits per heavy atom. The van der Waals surface area contributed by atoms with E-state index in [9.17, 15) is 9.59 Å². The smallest absolute Gasteiger partial charge is 0.221 e. The maximum Gasteiger partial charge on any atom is 0.221 e. The van der Waals surface area contributed by atoms with E-state index in [4.69, 9.17) is 5.73 Å². The first-order valence-electron chi connectivity index (χ1n) is 4.65. The molecule has 3 heteroatoms. The van der Waals surface area contributed by atoms with Crippen molar-refractivity contribution in [3.63, 3.8) is 0 Å². The van der Waals surface area contributed by atoms with E-state index in [0.29, 0.717) is 5.56 Å². The Morgan fingerprint density at radius 2 is 1.87 bits per heavy atom. The zero-order chi connectivity index (χ0) is 11.3. The number of carbonyl (C=O) groups excluding carboxylic acids is 2. The van der Waals surface area contributed by atoms with Crippen molar-refractivity contribution in [2.75, 3.05) is 0 Å². The summed E-state index contributed by atoms with van der Waals surface area (Å²) < 4.78 is 0. The molecule has 0 aliphatic rings. The number of benzene rings is 1. The Labute approximate surface area is 88.6 Å². The topological polar surface area (TPSA) is 60.2 Å². The third kappa shape index (κ3) is 3.77. The van der Waals surface area contributed by atoms with Crippen molar-refractivity contribution in [2.24, 2.45) is 5.73 Å². The fraction of sp³-hybridized carbons (Fsp3) is 0.167. The number of hydrogen-bond donors (Lipinski definition) is 1. The minimum Gasteiger partial charge on any atom is -0.369 e. The first-order chi connectivity index (χ1) is 7.09. The largest absolute Gasteiger partial charge is 0.369 e. The Bertz CT molecular complexity index is 391. The van der Waals surface area contributed by atoms with Gasteiger partial charge in [0.1, 0.15) is 0 Å². The van der Waals surface area contributed by atoms with Crippen molar-refractivity contribution in [2.45, 2.75) is 13.3 Å². The molecule has 0 saturated carbocycles. The standard InChI is InChI=1S/C12H13NO2/c1-9(14)11-7-5-10(6-8-11)3-2-4-12(13)15/h2-3,5-8H,4H2,1H3,(H2,13,15). The van der Waals surface area contributed by atoms with Crippen LogP contribution in [0.25, 0.3) is 6.08 Å². The zero-order valence-electron chi connectivity index (χ0n) is 8.57. The summed E-state index contributed by atoms with van der Waals surface area (Å²) in [6.45, 7) is 1.53. The molecule has 0 atom stereocenters. The highest BCUT2D eigenvalue weighted by atomic mass is 16.1. The summed E-state index contributed by atoms with van der Waals surface area (Å²) in [5.41, 5.74) is 6.61. The van der Waals surface area contributed by atoms with E-state index in [1.807, 2.05) is 12.1 Å². The maximum absolute atomic E-state index is 11.0. The lowest BCUT2D eigenvalue weighted by atomic mass is 10.1. The van der Waals surface area contributed by atoms with Gasteiger partial charge < -0.3 is 5.73 Å². The summed E-state index contributed by atoms with van der Waals surface area (Å²) in [5, 5.41) is 0. The highest BCUT2D eigenvalue weighted by Gasteiger charge is 1.96. The van der Waals surface area contributed by atoms with Crippen LogP contribution in [0.15, 0.2) is 30.3 Å². The molecular formula is C12H13NO2. The molecule has 0 spiro atoms. The number of ketones is 1. The fourth-order valence-electron chi connectivity index (χ4n) is 1.14. The molecule has 1 aromatic rings. The number of hydrogen-bond acceptors (Lipinski definition) is 2. The van der Waals surface area contributed by atoms with Crippen LogP contribution < -0.4 is 5.73 Å². The lowest BCUT2D eigenvalue weighted by Crippen LogP contribution is -2.07. The molecule has 0 aliphatic heterocycles. The number of Topliss-reactive ketones (excluding diaryl/α,β-unsaturated/α-hetero) is 1. The minimum absolute atomic E-state index is 0.0441. The van der Waals surface area contributed by atoms with E-state index in [1.54, 1.807) is 24.3 Å². The second-order valence-electron chi connectivity index (χ2n) is 3.25. The number of carbonyl (C=O) groups is 2. The van der Waals surface area contributed by atoms with Gasteiger partial charge in [0.05, 0.1) is 0 Å². The summed E-state index contributed by atoms with van der Waals surface area (Å²) >= 11 is 0. The van der Waals surface area contributed by atoms with Crippen molar-refractivity contribution in [3.8, 4) is 0 Å². The Balaban J connectivity index is 2.68. The van der Waals surface area contributed by atoms with Gasteiger partial charge in [-0.15, -0.1) is 0 Å². The quantitative estimate of drug-likeness (QED) is 0.758. The number of primary amides is 1. The third-order valence-electron chi connectivity index (χ3n) is 1.95. The molecule has 0 bridgehead atoms. The summed E-state index contributed by atoms with van der Waals surface area (Å²) in [7, 11) is 0. The number of nitrogens with two attached hydrogens (primary N) is 1. The SMILES string of the molecule is CC(=O)c1ccc(C=CCC(N)=O)cc1. The molecule has 0 fully saturated rings. The van der Waals surface area contributed by atoms with Crippen LogP contribution in [0.5, 0.6) is 0 Å². The minimum atomic E-state index is -0.355. The monoisotopic (exact) mass is 203 g/mol. The van der Waals surface area contributed by atoms with E-state index in [0.717, 1.165) is 5.56 Å². The van der Waals surface area contributed by atoms with E-state index in [1.165, 1.54) is 6.92 Å². The Morgan fingerprint density at radius 3 is 2.33 bits per heavy atom. The van der Waals surface area contributed by atoms with Crippen LogP contribution in [-0.4, -0.2) is 11.7 Å². The average Bonchev–Trinajstić information content (AvgIpc) is 2.18. The van der Waals surface area contributed by atoms with Crippen LogP contribution in [0, 0.1) is 0 Å². The predicted octanol–water partition coefficient (Wildman–Crippen LogP) is 1.78. The van der Waals surface area contributed by atoms with Crippen LogP contribution >= 0.6 is 0 Å². The van der Waals surface area contributed by atoms with Crippen LogP contribution in [0.2, 0.25) is 0 Å². The Kier molecular flexibility index (Phi) is 3.80. The maximum atomic E-state index is 11.0. The van der Waals surface area contributed by atoms with Crippen LogP contribution in [0.3, 0.4) is 0 Å². The molecule has 0 aliphatic carbocycles. The molecule has 3 nitrogen and oxygen atoms in total. The van der Waals surface area contributed by atoms with Gasteiger partial charge in [-0.2, -0.15) is 0 Å². The number of amides is 1. The summed E-state index contributed by atoms with van der Waals surface area (Å²) in [6.07, 6.45) is 3.73. The molecule has 0 aromatic heterocycles. The molecule has 0 unspecified atom stereocenters. The number of rotatable bonds is 4. The molecule has 2 N–H and O–H groups in total. The van der Waals surface area contributed by atoms with Crippen LogP contribution in [-0.2, 0) is 4.79 Å². The molecule has 0 radical (unpaired) electrons. The van der Waals surface area contributed by atoms with Gasteiger partial charge in [-0.3, -0.25) is 9.59 Å². The van der Waals surface area contributed by atoms with Gasteiger partial charge >= 0.3 is 0 Å². The van der Waals surface area contributed by atoms with Gasteiger partial charge in [0.25, 0.3) is 0 Å². The van der Waals surface area contributed by atoms with Gasteiger partial charge in [0, 0.05) is 12.0 Å². The van der Waals surface area contributed by atoms with Gasteiger partial charge in [0.15, 0.2) is 5.78 Å². The lowest BCUT2D eigenvalue weighted by Gasteiger charge is -1.96. The van der Waals surface area contributed by atoms with E-state index in [2.05, 4.69) is 0 Å². The molecule has 1 aromatic carbocycles. The molecule has 0 heterocycles. The van der Waals surface area contributed by atoms with Crippen molar-refractivity contribution in [1.82, 2.24) is 0 Å². The Hall–Kier alpha value is -1.90. The molecule has 15 heavy (non-hydrogen) atoms. The van der Waals surface area contributed by atoms with E-state index < -0.39 is 0 Å². The van der Waals surface area contributed by atoms with Gasteiger partial charge in [-0.25, -0.2) is 0 Å². The average molecular weight is 203 g/mol. The second-order valence-corrected chi connectivity index (χ2v) is 3.25. The predicted molar refractivity (Wildman–Crippen MR) is 59.3 cm³/mol. The summed E-state index contributed by atoms with van der Waals surface area (Å²) in [6, 6.07) is 7.17. The van der Waals surface area contributed by atoms with Crippen molar-refractivity contribution in [3.05, 3.63) is 41.5 Å². The molecule has 78 valence electrons. The van der Waals surface area contributed by atoms with Crippen molar-refractivity contribution in [1.29, 1.82) is 0 Å². The first-order valence-corrected chi connectivity index (χ1v) is 4.65.